The van der Waals surface area contributed by atoms with Crippen LogP contribution in [0.4, 0.5) is 11.4 Å². The Bertz CT molecular complexity index is 5590. The molecule has 13 aromatic rings. The second-order valence-corrected chi connectivity index (χ2v) is 25.2. The minimum absolute atomic E-state index is 0.105. The molecule has 12 heteroatoms. The van der Waals surface area contributed by atoms with Crippen LogP contribution in [0, 0.1) is 0 Å². The normalized spacial score (nSPS) is 16.6. The van der Waals surface area contributed by atoms with E-state index in [-0.39, 0.29) is 12.2 Å². The summed E-state index contributed by atoms with van der Waals surface area (Å²) >= 11 is 0. The molecular weight excluding hydrogens is 1210 g/mol. The van der Waals surface area contributed by atoms with Crippen LogP contribution in [0.2, 0.25) is 0 Å². The van der Waals surface area contributed by atoms with E-state index < -0.39 is 0 Å². The lowest BCUT2D eigenvalue weighted by atomic mass is 9.94. The van der Waals surface area contributed by atoms with Gasteiger partial charge in [-0.1, -0.05) is 218 Å². The van der Waals surface area contributed by atoms with E-state index >= 15 is 0 Å². The molecule has 0 radical (unpaired) electrons. The van der Waals surface area contributed by atoms with Crippen LogP contribution in [0.3, 0.4) is 0 Å². The highest BCUT2D eigenvalue weighted by Crippen LogP contribution is 2.48. The van der Waals surface area contributed by atoms with Crippen molar-refractivity contribution < 1.29 is 0 Å². The zero-order chi connectivity index (χ0) is 65.3. The third-order valence-corrected chi connectivity index (χ3v) is 19.3. The van der Waals surface area contributed by atoms with Crippen LogP contribution in [0.15, 0.2) is 348 Å². The van der Waals surface area contributed by atoms with Crippen molar-refractivity contribution >= 4 is 56.4 Å². The number of anilines is 2. The monoisotopic (exact) mass is 1270 g/mol. The van der Waals surface area contributed by atoms with E-state index in [0.29, 0.717) is 41.4 Å². The number of fused-ring (bicyclic) bond motifs is 7. The van der Waals surface area contributed by atoms with E-state index in [0.717, 1.165) is 129 Å². The van der Waals surface area contributed by atoms with E-state index in [4.69, 9.17) is 44.9 Å². The van der Waals surface area contributed by atoms with Gasteiger partial charge in [-0.15, -0.1) is 0 Å². The van der Waals surface area contributed by atoms with Gasteiger partial charge in [-0.25, -0.2) is 39.9 Å². The number of hydrogen-bond acceptors (Lipinski definition) is 11. The van der Waals surface area contributed by atoms with E-state index in [2.05, 4.69) is 191 Å². The van der Waals surface area contributed by atoms with E-state index in [1.807, 2.05) is 140 Å². The van der Waals surface area contributed by atoms with Gasteiger partial charge in [0.05, 0.1) is 28.5 Å². The lowest BCUT2D eigenvalue weighted by molar-refractivity contribution is 0.808. The zero-order valence-corrected chi connectivity index (χ0v) is 53.5. The topological polar surface area (TPSA) is 126 Å². The Labute approximate surface area is 571 Å². The fraction of sp³-hybridized carbons (Fsp3) is 0.0460. The van der Waals surface area contributed by atoms with E-state index in [1.165, 1.54) is 16.7 Å². The van der Waals surface area contributed by atoms with Crippen LogP contribution < -0.4 is 9.80 Å². The first-order valence-electron chi connectivity index (χ1n) is 33.4. The SMILES string of the molecule is C1=CCC2=C3C=C(c4cc(-c5ccccc5)nc(-c5ccccc5)c4)C=NC3N(c3ccc4c(c3)c3cc(N5C6=NC=C(c7nc(-c8ccccc8)nc(-c8ccccc8)n7)CC6=C6C=CC=CC65)ccc3n4-c3ccc(-c4nc(-c5ccccc5)nc(-c5ccccc5)n4)cc3)C2=C1. The third kappa shape index (κ3) is 10.2. The summed E-state index contributed by atoms with van der Waals surface area (Å²) in [5.74, 6) is 4.57. The van der Waals surface area contributed by atoms with Crippen molar-refractivity contribution in [1.82, 2.24) is 39.5 Å². The predicted octanol–water partition coefficient (Wildman–Crippen LogP) is 19.1. The molecule has 466 valence electrons. The standard InChI is InChI=1S/C87H58N12/c1-7-23-55(24-8-1)74-49-62(50-75(90-74)56-25-9-2-10-26-56)63-47-72-68-35-19-21-37-76(68)98(86(72)88-53-63)66-43-45-78-70(51-66)71-52-67(44-46-79(71)97(78)65-41-39-61(40-42-65)84-93-80(57-27-11-3-12-28-57)91-81(94-84)58-29-13-4-14-30-58)99-77-38-22-20-36-69(77)73-48-64(54-89-87(73)99)85-95-82(59-31-15-5-16-32-59)92-83(96-85)60-33-17-6-18-34-60/h1-34,36-47,49-54,77,86H,35,48H2. The fourth-order valence-corrected chi connectivity index (χ4v) is 14.6. The Morgan fingerprint density at radius 1 is 0.384 bits per heavy atom. The Balaban J connectivity index is 0.739. The van der Waals surface area contributed by atoms with Gasteiger partial charge in [0.25, 0.3) is 0 Å². The summed E-state index contributed by atoms with van der Waals surface area (Å²) in [5.41, 5.74) is 22.7. The number of pyridine rings is 1. The number of allylic oxidation sites excluding steroid dienone is 8. The smallest absolute Gasteiger partial charge is 0.164 e. The first-order chi connectivity index (χ1) is 49.0. The largest absolute Gasteiger partial charge is 0.315 e. The Hall–Kier alpha value is -13.2. The van der Waals surface area contributed by atoms with E-state index in [1.54, 1.807) is 0 Å². The molecule has 2 unspecified atom stereocenters. The molecule has 0 N–H and O–H groups in total. The molecule has 4 aromatic heterocycles. The van der Waals surface area contributed by atoms with Gasteiger partial charge in [-0.05, 0) is 108 Å². The number of nitrogens with zero attached hydrogens (tertiary/aromatic N) is 12. The van der Waals surface area contributed by atoms with Gasteiger partial charge in [0.2, 0.25) is 0 Å². The molecule has 2 aliphatic carbocycles. The predicted molar refractivity (Wildman–Crippen MR) is 399 cm³/mol. The third-order valence-electron chi connectivity index (χ3n) is 19.3. The van der Waals surface area contributed by atoms with Crippen LogP contribution in [-0.4, -0.2) is 63.7 Å². The summed E-state index contributed by atoms with van der Waals surface area (Å²) in [4.78, 5) is 51.5. The van der Waals surface area contributed by atoms with Crippen molar-refractivity contribution in [3.05, 3.63) is 349 Å². The lowest BCUT2D eigenvalue weighted by Crippen LogP contribution is -2.35. The average molecular weight is 1270 g/mol. The molecule has 9 aromatic carbocycles. The number of benzene rings is 9. The number of dihydropyridines is 1. The van der Waals surface area contributed by atoms with Crippen LogP contribution in [0.25, 0.3) is 118 Å². The first-order valence-corrected chi connectivity index (χ1v) is 33.4. The van der Waals surface area contributed by atoms with Gasteiger partial charge < -0.3 is 14.4 Å². The lowest BCUT2D eigenvalue weighted by Gasteiger charge is -2.29. The molecule has 0 bridgehead atoms. The minimum atomic E-state index is -0.290. The fourth-order valence-electron chi connectivity index (χ4n) is 14.6. The first kappa shape index (κ1) is 57.3. The summed E-state index contributed by atoms with van der Waals surface area (Å²) in [6, 6.07) is 88.1. The van der Waals surface area contributed by atoms with Crippen LogP contribution in [-0.2, 0) is 0 Å². The van der Waals surface area contributed by atoms with Crippen molar-refractivity contribution in [3.63, 3.8) is 0 Å². The highest BCUT2D eigenvalue weighted by Gasteiger charge is 2.40. The molecule has 4 aliphatic heterocycles. The van der Waals surface area contributed by atoms with Gasteiger partial charge in [0.1, 0.15) is 5.84 Å². The molecule has 99 heavy (non-hydrogen) atoms. The number of aromatic nitrogens is 8. The summed E-state index contributed by atoms with van der Waals surface area (Å²) < 4.78 is 2.38. The highest BCUT2D eigenvalue weighted by molar-refractivity contribution is 6.19. The molecule has 0 amide bonds. The van der Waals surface area contributed by atoms with Crippen molar-refractivity contribution in [3.8, 4) is 85.1 Å². The second kappa shape index (κ2) is 23.9. The molecular formula is C87H58N12. The molecule has 0 fully saturated rings. The molecule has 0 saturated heterocycles. The molecule has 19 rings (SSSR count). The Morgan fingerprint density at radius 3 is 1.38 bits per heavy atom. The maximum Gasteiger partial charge on any atom is 0.164 e. The molecule has 0 saturated carbocycles. The highest BCUT2D eigenvalue weighted by atomic mass is 15.3. The maximum atomic E-state index is 5.53. The summed E-state index contributed by atoms with van der Waals surface area (Å²) in [5, 5.41) is 2.19. The van der Waals surface area contributed by atoms with Gasteiger partial charge in [0, 0.05) is 114 Å². The quantitative estimate of drug-likeness (QED) is 0.117. The van der Waals surface area contributed by atoms with Crippen molar-refractivity contribution in [1.29, 1.82) is 0 Å². The van der Waals surface area contributed by atoms with Crippen molar-refractivity contribution in [2.75, 3.05) is 9.80 Å². The number of hydrogen-bond donors (Lipinski definition) is 0. The average Bonchev–Trinajstić information content (AvgIpc) is 1.58. The second-order valence-electron chi connectivity index (χ2n) is 25.2. The minimum Gasteiger partial charge on any atom is -0.315 e. The molecule has 8 heterocycles. The van der Waals surface area contributed by atoms with Crippen LogP contribution >= 0.6 is 0 Å². The summed E-state index contributed by atoms with van der Waals surface area (Å²) in [7, 11) is 0. The molecule has 2 atom stereocenters. The van der Waals surface area contributed by atoms with Gasteiger partial charge in [-0.3, -0.25) is 4.99 Å². The Kier molecular flexibility index (Phi) is 13.8. The number of amidine groups is 1. The maximum absolute atomic E-state index is 5.53. The molecule has 6 aliphatic rings. The number of rotatable bonds is 12. The summed E-state index contributed by atoms with van der Waals surface area (Å²) in [6.45, 7) is 0. The molecule has 12 nitrogen and oxygen atoms in total. The van der Waals surface area contributed by atoms with Crippen LogP contribution in [0.1, 0.15) is 24.2 Å². The van der Waals surface area contributed by atoms with Crippen LogP contribution in [0.5, 0.6) is 0 Å². The van der Waals surface area contributed by atoms with E-state index in [9.17, 15) is 0 Å². The van der Waals surface area contributed by atoms with Gasteiger partial charge in [0.15, 0.2) is 41.1 Å². The van der Waals surface area contributed by atoms with Crippen molar-refractivity contribution in [2.24, 2.45) is 9.98 Å². The zero-order valence-electron chi connectivity index (χ0n) is 53.5. The van der Waals surface area contributed by atoms with Gasteiger partial charge in [-0.2, -0.15) is 0 Å². The van der Waals surface area contributed by atoms with Crippen molar-refractivity contribution in [2.45, 2.75) is 25.0 Å². The molecule has 0 spiro atoms. The number of aliphatic imine (C=N–C) groups is 2. The summed E-state index contributed by atoms with van der Waals surface area (Å²) in [6.07, 6.45) is 23.0. The Morgan fingerprint density at radius 2 is 0.859 bits per heavy atom. The van der Waals surface area contributed by atoms with Gasteiger partial charge >= 0.3 is 0 Å².